The molecular weight excluding hydrogens is 430 g/mol. The van der Waals surface area contributed by atoms with E-state index < -0.39 is 23.6 Å². The van der Waals surface area contributed by atoms with E-state index in [9.17, 15) is 18.4 Å². The molecule has 0 radical (unpaired) electrons. The first-order valence-electron chi connectivity index (χ1n) is 9.23. The van der Waals surface area contributed by atoms with Crippen LogP contribution in [0.2, 0.25) is 0 Å². The van der Waals surface area contributed by atoms with Crippen molar-refractivity contribution < 1.29 is 23.1 Å². The van der Waals surface area contributed by atoms with Gasteiger partial charge in [-0.3, -0.25) is 10.1 Å². The number of hydrogen-bond donors (Lipinski definition) is 3. The molecule has 31 heavy (non-hydrogen) atoms. The molecule has 0 aliphatic rings. The van der Waals surface area contributed by atoms with Crippen LogP contribution in [0, 0.1) is 18.6 Å². The molecule has 0 aliphatic heterocycles. The van der Waals surface area contributed by atoms with Gasteiger partial charge in [0.2, 0.25) is 5.88 Å². The molecule has 164 valence electrons. The maximum absolute atomic E-state index is 14.0. The third-order valence-corrected chi connectivity index (χ3v) is 5.04. The Morgan fingerprint density at radius 2 is 2.10 bits per heavy atom. The number of imidazole rings is 1. The van der Waals surface area contributed by atoms with Crippen LogP contribution < -0.4 is 21.1 Å². The van der Waals surface area contributed by atoms with Crippen LogP contribution in [0.15, 0.2) is 30.9 Å². The number of carbonyl (C=O) groups excluding carboxylic acids is 2. The van der Waals surface area contributed by atoms with Crippen molar-refractivity contribution in [1.29, 1.82) is 0 Å². The zero-order chi connectivity index (χ0) is 22.4. The second-order valence-electron chi connectivity index (χ2n) is 6.55. The summed E-state index contributed by atoms with van der Waals surface area (Å²) < 4.78 is 38.9. The topological polar surface area (TPSA) is 124 Å². The van der Waals surface area contributed by atoms with Crippen LogP contribution >= 0.6 is 11.5 Å². The van der Waals surface area contributed by atoms with E-state index in [0.717, 1.165) is 11.5 Å². The Kier molecular flexibility index (Phi) is 7.13. The lowest BCUT2D eigenvalue weighted by Crippen LogP contribution is -2.30. The molecule has 3 aromatic rings. The van der Waals surface area contributed by atoms with E-state index in [1.54, 1.807) is 12.5 Å². The first-order chi connectivity index (χ1) is 14.9. The molecule has 12 heteroatoms. The fourth-order valence-corrected chi connectivity index (χ4v) is 3.39. The molecule has 0 saturated heterocycles. The lowest BCUT2D eigenvalue weighted by Gasteiger charge is -2.09. The minimum atomic E-state index is -1.04. The van der Waals surface area contributed by atoms with E-state index in [1.165, 1.54) is 19.1 Å². The van der Waals surface area contributed by atoms with Crippen LogP contribution in [0.5, 0.6) is 5.88 Å². The molecule has 0 atom stereocenters. The fourth-order valence-electron chi connectivity index (χ4n) is 2.65. The van der Waals surface area contributed by atoms with Crippen molar-refractivity contribution in [2.75, 3.05) is 11.9 Å². The van der Waals surface area contributed by atoms with Crippen molar-refractivity contribution in [2.24, 2.45) is 5.73 Å². The molecule has 3 rings (SSSR count). The summed E-state index contributed by atoms with van der Waals surface area (Å²) in [5.74, 6) is -3.06. The number of nitrogens with two attached hydrogens (primary N) is 1. The molecule has 2 aromatic heterocycles. The van der Waals surface area contributed by atoms with Gasteiger partial charge in [0.25, 0.3) is 5.91 Å². The van der Waals surface area contributed by atoms with Crippen molar-refractivity contribution in [3.05, 3.63) is 59.2 Å². The van der Waals surface area contributed by atoms with E-state index in [4.69, 9.17) is 10.5 Å². The molecule has 0 fully saturated rings. The van der Waals surface area contributed by atoms with Gasteiger partial charge in [0.15, 0.2) is 11.6 Å². The first kappa shape index (κ1) is 22.2. The van der Waals surface area contributed by atoms with Crippen LogP contribution in [-0.2, 0) is 13.2 Å². The SMILES string of the molecule is Cc1ccc(COc2nsc(NC(=O)NCCCn3ccnc3)c2C(N)=O)c(F)c1F. The summed E-state index contributed by atoms with van der Waals surface area (Å²) in [6.07, 6.45) is 5.82. The van der Waals surface area contributed by atoms with Crippen molar-refractivity contribution in [3.8, 4) is 5.88 Å². The van der Waals surface area contributed by atoms with Crippen molar-refractivity contribution in [3.63, 3.8) is 0 Å². The van der Waals surface area contributed by atoms with E-state index in [2.05, 4.69) is 20.0 Å². The number of anilines is 1. The molecule has 0 bridgehead atoms. The lowest BCUT2D eigenvalue weighted by molar-refractivity contribution is 0.0996. The Morgan fingerprint density at radius 3 is 2.81 bits per heavy atom. The van der Waals surface area contributed by atoms with Crippen molar-refractivity contribution >= 4 is 28.5 Å². The van der Waals surface area contributed by atoms with Gasteiger partial charge in [-0.15, -0.1) is 0 Å². The van der Waals surface area contributed by atoms with Crippen LogP contribution in [0.25, 0.3) is 0 Å². The summed E-state index contributed by atoms with van der Waals surface area (Å²) >= 11 is 0.787. The van der Waals surface area contributed by atoms with Gasteiger partial charge in [0.1, 0.15) is 17.2 Å². The molecule has 3 amide bonds. The number of carbonyl (C=O) groups is 2. The van der Waals surface area contributed by atoms with Crippen molar-refractivity contribution in [2.45, 2.75) is 26.5 Å². The maximum atomic E-state index is 14.0. The first-order valence-corrected chi connectivity index (χ1v) is 10.0. The normalized spacial score (nSPS) is 10.7. The average molecular weight is 450 g/mol. The molecular formula is C19H20F2N6O3S. The third-order valence-electron chi connectivity index (χ3n) is 4.29. The van der Waals surface area contributed by atoms with Gasteiger partial charge in [-0.1, -0.05) is 12.1 Å². The molecule has 1 aromatic carbocycles. The molecule has 9 nitrogen and oxygen atoms in total. The number of nitrogens with zero attached hydrogens (tertiary/aromatic N) is 3. The summed E-state index contributed by atoms with van der Waals surface area (Å²) in [6, 6.07) is 2.24. The molecule has 4 N–H and O–H groups in total. The van der Waals surface area contributed by atoms with Gasteiger partial charge >= 0.3 is 6.03 Å². The number of benzene rings is 1. The number of rotatable bonds is 9. The van der Waals surface area contributed by atoms with Crippen LogP contribution in [0.1, 0.15) is 27.9 Å². The van der Waals surface area contributed by atoms with E-state index >= 15 is 0 Å². The number of hydrogen-bond acceptors (Lipinski definition) is 6. The molecule has 0 unspecified atom stereocenters. The Morgan fingerprint density at radius 1 is 1.29 bits per heavy atom. The number of primary amides is 1. The summed E-state index contributed by atoms with van der Waals surface area (Å²) in [4.78, 5) is 27.9. The smallest absolute Gasteiger partial charge is 0.319 e. The Hall–Kier alpha value is -3.54. The highest BCUT2D eigenvalue weighted by atomic mass is 32.1. The standard InChI is InChI=1S/C19H20F2N6O3S/c1-11-3-4-12(15(21)14(11)20)9-30-17-13(16(22)28)18(31-26-17)25-19(29)24-5-2-7-27-8-6-23-10-27/h3-4,6,8,10H,2,5,7,9H2,1H3,(H2,22,28)(H2,24,25,29). The Balaban J connectivity index is 1.59. The van der Waals surface area contributed by atoms with Gasteiger partial charge in [-0.25, -0.2) is 18.6 Å². The average Bonchev–Trinajstić information content (AvgIpc) is 3.39. The fraction of sp³-hybridized carbons (Fsp3) is 0.263. The number of amides is 3. The quantitative estimate of drug-likeness (QED) is 0.433. The molecule has 0 aliphatic carbocycles. The Labute approximate surface area is 180 Å². The van der Waals surface area contributed by atoms with Gasteiger partial charge in [-0.05, 0) is 30.4 Å². The Bertz CT molecular complexity index is 1070. The number of aryl methyl sites for hydroxylation is 2. The number of aromatic nitrogens is 3. The lowest BCUT2D eigenvalue weighted by atomic mass is 10.1. The van der Waals surface area contributed by atoms with Gasteiger partial charge in [0.05, 0.1) is 6.33 Å². The summed E-state index contributed by atoms with van der Waals surface area (Å²) in [7, 11) is 0. The van der Waals surface area contributed by atoms with Gasteiger partial charge in [-0.2, -0.15) is 4.37 Å². The van der Waals surface area contributed by atoms with E-state index in [0.29, 0.717) is 19.5 Å². The number of ether oxygens (including phenoxy) is 1. The maximum Gasteiger partial charge on any atom is 0.319 e. The number of halogens is 2. The highest BCUT2D eigenvalue weighted by molar-refractivity contribution is 7.11. The predicted octanol–water partition coefficient (Wildman–Crippen LogP) is 2.82. The molecule has 0 spiro atoms. The highest BCUT2D eigenvalue weighted by Gasteiger charge is 2.22. The van der Waals surface area contributed by atoms with Gasteiger partial charge in [0, 0.05) is 31.0 Å². The second-order valence-corrected chi connectivity index (χ2v) is 7.32. The third kappa shape index (κ3) is 5.54. The molecule has 0 saturated carbocycles. The minimum Gasteiger partial charge on any atom is -0.471 e. The minimum absolute atomic E-state index is 0.0448. The van der Waals surface area contributed by atoms with Crippen LogP contribution in [-0.4, -0.2) is 32.4 Å². The number of nitrogens with one attached hydrogen (secondary N) is 2. The van der Waals surface area contributed by atoms with Crippen LogP contribution in [0.3, 0.4) is 0 Å². The van der Waals surface area contributed by atoms with Gasteiger partial charge < -0.3 is 20.4 Å². The zero-order valence-electron chi connectivity index (χ0n) is 16.5. The summed E-state index contributed by atoms with van der Waals surface area (Å²) in [5, 5.41) is 5.25. The van der Waals surface area contributed by atoms with Crippen molar-refractivity contribution in [1.82, 2.24) is 19.2 Å². The molecule has 2 heterocycles. The monoisotopic (exact) mass is 450 g/mol. The summed E-state index contributed by atoms with van der Waals surface area (Å²) in [6.45, 7) is 2.14. The zero-order valence-corrected chi connectivity index (χ0v) is 17.3. The second kappa shape index (κ2) is 9.98. The largest absolute Gasteiger partial charge is 0.471 e. The summed E-state index contributed by atoms with van der Waals surface area (Å²) in [5.41, 5.74) is 5.36. The highest BCUT2D eigenvalue weighted by Crippen LogP contribution is 2.31. The van der Waals surface area contributed by atoms with E-state index in [-0.39, 0.29) is 34.2 Å². The van der Waals surface area contributed by atoms with E-state index in [1.807, 2.05) is 10.8 Å². The number of urea groups is 1. The predicted molar refractivity (Wildman–Crippen MR) is 110 cm³/mol. The van der Waals surface area contributed by atoms with Crippen LogP contribution in [0.4, 0.5) is 18.6 Å².